The average molecular weight is 231 g/mol. The van der Waals surface area contributed by atoms with E-state index in [0.717, 1.165) is 29.2 Å². The summed E-state index contributed by atoms with van der Waals surface area (Å²) in [5, 5.41) is 4.37. The molecular formula is C13H17N3O. The molecule has 0 fully saturated rings. The smallest absolute Gasteiger partial charge is 0.119 e. The molecule has 0 amide bonds. The highest BCUT2D eigenvalue weighted by Gasteiger charge is 2.04. The van der Waals surface area contributed by atoms with Gasteiger partial charge in [0.25, 0.3) is 0 Å². The maximum absolute atomic E-state index is 5.68. The molecule has 0 saturated carbocycles. The number of aromatic nitrogens is 2. The van der Waals surface area contributed by atoms with Gasteiger partial charge in [0.15, 0.2) is 0 Å². The SMILES string of the molecule is CCn1cc(COc2ccc(N)cc2)c(C)n1. The Morgan fingerprint density at radius 3 is 2.59 bits per heavy atom. The summed E-state index contributed by atoms with van der Waals surface area (Å²) in [5.41, 5.74) is 8.48. The van der Waals surface area contributed by atoms with E-state index in [4.69, 9.17) is 10.5 Å². The zero-order valence-electron chi connectivity index (χ0n) is 10.2. The largest absolute Gasteiger partial charge is 0.489 e. The normalized spacial score (nSPS) is 10.5. The lowest BCUT2D eigenvalue weighted by Gasteiger charge is -2.05. The van der Waals surface area contributed by atoms with Gasteiger partial charge in [-0.1, -0.05) is 0 Å². The Balaban J connectivity index is 2.01. The lowest BCUT2D eigenvalue weighted by Crippen LogP contribution is -1.96. The van der Waals surface area contributed by atoms with Crippen molar-refractivity contribution in [2.75, 3.05) is 5.73 Å². The van der Waals surface area contributed by atoms with Crippen LogP contribution in [0.15, 0.2) is 30.5 Å². The number of hydrogen-bond acceptors (Lipinski definition) is 3. The minimum atomic E-state index is 0.537. The number of benzene rings is 1. The number of hydrogen-bond donors (Lipinski definition) is 1. The predicted octanol–water partition coefficient (Wildman–Crippen LogP) is 2.37. The fourth-order valence-electron chi connectivity index (χ4n) is 1.59. The molecule has 0 bridgehead atoms. The van der Waals surface area contributed by atoms with E-state index in [9.17, 15) is 0 Å². The van der Waals surface area contributed by atoms with Gasteiger partial charge >= 0.3 is 0 Å². The fourth-order valence-corrected chi connectivity index (χ4v) is 1.59. The highest BCUT2D eigenvalue weighted by Crippen LogP contribution is 2.16. The summed E-state index contributed by atoms with van der Waals surface area (Å²) in [4.78, 5) is 0. The van der Waals surface area contributed by atoms with E-state index in [1.165, 1.54) is 0 Å². The second-order valence-corrected chi connectivity index (χ2v) is 3.95. The molecule has 0 radical (unpaired) electrons. The predicted molar refractivity (Wildman–Crippen MR) is 67.8 cm³/mol. The van der Waals surface area contributed by atoms with Crippen molar-refractivity contribution in [2.45, 2.75) is 27.0 Å². The van der Waals surface area contributed by atoms with Crippen LogP contribution in [-0.2, 0) is 13.2 Å². The average Bonchev–Trinajstić information content (AvgIpc) is 2.69. The molecule has 1 aromatic heterocycles. The Morgan fingerprint density at radius 2 is 2.00 bits per heavy atom. The molecule has 4 heteroatoms. The van der Waals surface area contributed by atoms with Gasteiger partial charge in [0.1, 0.15) is 12.4 Å². The maximum Gasteiger partial charge on any atom is 0.119 e. The molecule has 0 unspecified atom stereocenters. The fraction of sp³-hybridized carbons (Fsp3) is 0.308. The van der Waals surface area contributed by atoms with Crippen LogP contribution in [-0.4, -0.2) is 9.78 Å². The molecule has 0 aliphatic carbocycles. The van der Waals surface area contributed by atoms with Crippen LogP contribution in [0.4, 0.5) is 5.69 Å². The van der Waals surface area contributed by atoms with Crippen LogP contribution in [0.1, 0.15) is 18.2 Å². The Morgan fingerprint density at radius 1 is 1.29 bits per heavy atom. The number of ether oxygens (including phenoxy) is 1. The van der Waals surface area contributed by atoms with E-state index in [1.54, 1.807) is 0 Å². The van der Waals surface area contributed by atoms with Gasteiger partial charge in [-0.25, -0.2) is 0 Å². The second kappa shape index (κ2) is 4.91. The van der Waals surface area contributed by atoms with Crippen molar-refractivity contribution in [1.82, 2.24) is 9.78 Å². The van der Waals surface area contributed by atoms with Gasteiger partial charge in [-0.15, -0.1) is 0 Å². The minimum Gasteiger partial charge on any atom is -0.489 e. The zero-order valence-corrected chi connectivity index (χ0v) is 10.2. The van der Waals surface area contributed by atoms with Crippen molar-refractivity contribution in [1.29, 1.82) is 0 Å². The molecule has 2 rings (SSSR count). The van der Waals surface area contributed by atoms with Gasteiger partial charge < -0.3 is 10.5 Å². The van der Waals surface area contributed by atoms with Crippen LogP contribution >= 0.6 is 0 Å². The molecule has 1 aromatic carbocycles. The van der Waals surface area contributed by atoms with Crippen molar-refractivity contribution >= 4 is 5.69 Å². The third kappa shape index (κ3) is 2.78. The maximum atomic E-state index is 5.68. The van der Waals surface area contributed by atoms with Crippen LogP contribution in [0.5, 0.6) is 5.75 Å². The molecule has 0 atom stereocenters. The summed E-state index contributed by atoms with van der Waals surface area (Å²) < 4.78 is 7.59. The van der Waals surface area contributed by atoms with Crippen molar-refractivity contribution in [3.05, 3.63) is 41.7 Å². The highest BCUT2D eigenvalue weighted by atomic mass is 16.5. The van der Waals surface area contributed by atoms with E-state index in [2.05, 4.69) is 12.0 Å². The van der Waals surface area contributed by atoms with Crippen LogP contribution in [0.25, 0.3) is 0 Å². The van der Waals surface area contributed by atoms with E-state index >= 15 is 0 Å². The monoisotopic (exact) mass is 231 g/mol. The molecule has 0 aliphatic rings. The molecule has 4 nitrogen and oxygen atoms in total. The Bertz CT molecular complexity index is 488. The summed E-state index contributed by atoms with van der Waals surface area (Å²) in [6, 6.07) is 7.40. The van der Waals surface area contributed by atoms with E-state index in [0.29, 0.717) is 6.61 Å². The summed E-state index contributed by atoms with van der Waals surface area (Å²) in [6.07, 6.45) is 2.02. The van der Waals surface area contributed by atoms with Crippen LogP contribution in [0.3, 0.4) is 0 Å². The van der Waals surface area contributed by atoms with Gasteiger partial charge in [0.2, 0.25) is 0 Å². The number of nitrogens with two attached hydrogens (primary N) is 1. The molecule has 2 aromatic rings. The first kappa shape index (κ1) is 11.5. The minimum absolute atomic E-state index is 0.537. The van der Waals surface area contributed by atoms with Gasteiger partial charge in [-0.2, -0.15) is 5.10 Å². The first-order valence-corrected chi connectivity index (χ1v) is 5.70. The van der Waals surface area contributed by atoms with Gasteiger partial charge in [-0.3, -0.25) is 4.68 Å². The van der Waals surface area contributed by atoms with Crippen LogP contribution < -0.4 is 10.5 Å². The van der Waals surface area contributed by atoms with Gasteiger partial charge in [-0.05, 0) is 38.1 Å². The molecule has 1 heterocycles. The topological polar surface area (TPSA) is 53.1 Å². The Hall–Kier alpha value is -1.97. The lowest BCUT2D eigenvalue weighted by molar-refractivity contribution is 0.305. The van der Waals surface area contributed by atoms with Crippen LogP contribution in [0.2, 0.25) is 0 Å². The molecule has 17 heavy (non-hydrogen) atoms. The van der Waals surface area contributed by atoms with Gasteiger partial charge in [0.05, 0.1) is 5.69 Å². The van der Waals surface area contributed by atoms with Crippen molar-refractivity contribution in [3.8, 4) is 5.75 Å². The zero-order chi connectivity index (χ0) is 12.3. The first-order valence-electron chi connectivity index (χ1n) is 5.70. The van der Waals surface area contributed by atoms with Gasteiger partial charge in [0, 0.05) is 24.0 Å². The molecule has 0 saturated heterocycles. The Kier molecular flexibility index (Phi) is 3.32. The molecular weight excluding hydrogens is 214 g/mol. The molecule has 90 valence electrons. The standard InChI is InChI=1S/C13H17N3O/c1-3-16-8-11(10(2)15-16)9-17-13-6-4-12(14)5-7-13/h4-8H,3,9,14H2,1-2H3. The first-order chi connectivity index (χ1) is 8.19. The quantitative estimate of drug-likeness (QED) is 0.822. The third-order valence-electron chi connectivity index (χ3n) is 2.65. The number of nitrogens with zero attached hydrogens (tertiary/aromatic N) is 2. The van der Waals surface area contributed by atoms with Crippen molar-refractivity contribution in [2.24, 2.45) is 0 Å². The van der Waals surface area contributed by atoms with E-state index in [-0.39, 0.29) is 0 Å². The summed E-state index contributed by atoms with van der Waals surface area (Å²) >= 11 is 0. The number of rotatable bonds is 4. The summed E-state index contributed by atoms with van der Waals surface area (Å²) in [5.74, 6) is 0.822. The molecule has 2 N–H and O–H groups in total. The molecule has 0 aliphatic heterocycles. The van der Waals surface area contributed by atoms with Crippen molar-refractivity contribution < 1.29 is 4.74 Å². The van der Waals surface area contributed by atoms with Crippen LogP contribution in [0, 0.1) is 6.92 Å². The second-order valence-electron chi connectivity index (χ2n) is 3.95. The summed E-state index contributed by atoms with van der Waals surface area (Å²) in [7, 11) is 0. The van der Waals surface area contributed by atoms with Crippen molar-refractivity contribution in [3.63, 3.8) is 0 Å². The number of nitrogen functional groups attached to an aromatic ring is 1. The number of anilines is 1. The summed E-state index contributed by atoms with van der Waals surface area (Å²) in [6.45, 7) is 5.48. The number of aryl methyl sites for hydroxylation is 2. The Labute approximate surface area is 101 Å². The van der Waals surface area contributed by atoms with E-state index < -0.39 is 0 Å². The van der Waals surface area contributed by atoms with E-state index in [1.807, 2.05) is 42.1 Å². The highest BCUT2D eigenvalue weighted by molar-refractivity contribution is 5.41. The third-order valence-corrected chi connectivity index (χ3v) is 2.65. The lowest BCUT2D eigenvalue weighted by atomic mass is 10.3. The molecule has 0 spiro atoms.